The van der Waals surface area contributed by atoms with Gasteiger partial charge in [0.05, 0.1) is 25.1 Å². The quantitative estimate of drug-likeness (QED) is 0.241. The average molecular weight is 463 g/mol. The number of imidazole rings is 1. The van der Waals surface area contributed by atoms with E-state index >= 15 is 0 Å². The van der Waals surface area contributed by atoms with Crippen molar-refractivity contribution in [1.29, 1.82) is 0 Å². The van der Waals surface area contributed by atoms with Crippen LogP contribution >= 0.6 is 0 Å². The predicted molar refractivity (Wildman–Crippen MR) is 124 cm³/mol. The summed E-state index contributed by atoms with van der Waals surface area (Å²) < 4.78 is 6.71. The fraction of sp³-hybridized carbons (Fsp3) is 0.280. The van der Waals surface area contributed by atoms with Crippen molar-refractivity contribution in [2.24, 2.45) is 0 Å². The molecule has 2 N–H and O–H groups in total. The Labute approximate surface area is 196 Å². The van der Waals surface area contributed by atoms with Gasteiger partial charge in [-0.3, -0.25) is 9.59 Å². The van der Waals surface area contributed by atoms with Gasteiger partial charge < -0.3 is 24.3 Å². The maximum atomic E-state index is 13.2. The smallest absolute Gasteiger partial charge is 0.354 e. The summed E-state index contributed by atoms with van der Waals surface area (Å²) in [6.45, 7) is 4.29. The number of benzene rings is 1. The minimum Gasteiger partial charge on any atom is -0.507 e. The highest BCUT2D eigenvalue weighted by molar-refractivity contribution is 6.46. The molecule has 34 heavy (non-hydrogen) atoms. The molecule has 0 bridgehead atoms. The molecule has 1 amide bonds. The van der Waals surface area contributed by atoms with E-state index in [1.165, 1.54) is 12.0 Å². The van der Waals surface area contributed by atoms with E-state index in [0.717, 1.165) is 0 Å². The molecule has 3 heterocycles. The van der Waals surface area contributed by atoms with Crippen LogP contribution in [-0.2, 0) is 20.9 Å². The summed E-state index contributed by atoms with van der Waals surface area (Å²) in [5.74, 6) is -2.32. The lowest BCUT2D eigenvalue weighted by atomic mass is 9.94. The van der Waals surface area contributed by atoms with Crippen molar-refractivity contribution in [2.45, 2.75) is 32.9 Å². The summed E-state index contributed by atoms with van der Waals surface area (Å²) in [6, 6.07) is 8.39. The maximum absolute atomic E-state index is 13.2. The summed E-state index contributed by atoms with van der Waals surface area (Å²) in [4.78, 5) is 46.9. The number of aryl methyl sites for hydroxylation is 2. The van der Waals surface area contributed by atoms with Gasteiger partial charge in [0.25, 0.3) is 11.7 Å². The van der Waals surface area contributed by atoms with Crippen LogP contribution in [0.3, 0.4) is 0 Å². The summed E-state index contributed by atoms with van der Waals surface area (Å²) in [7, 11) is 1.27. The van der Waals surface area contributed by atoms with E-state index < -0.39 is 23.7 Å². The Bertz CT molecular complexity index is 1260. The summed E-state index contributed by atoms with van der Waals surface area (Å²) >= 11 is 0. The fourth-order valence-corrected chi connectivity index (χ4v) is 4.48. The summed E-state index contributed by atoms with van der Waals surface area (Å²) in [6.07, 6.45) is 5.81. The third kappa shape index (κ3) is 4.00. The van der Waals surface area contributed by atoms with Crippen molar-refractivity contribution in [3.8, 4) is 0 Å². The predicted octanol–water partition coefficient (Wildman–Crippen LogP) is 3.13. The van der Waals surface area contributed by atoms with Crippen LogP contribution in [0.4, 0.5) is 0 Å². The molecular formula is C25H26N4O5. The molecule has 0 spiro atoms. The number of esters is 1. The molecule has 1 saturated heterocycles. The van der Waals surface area contributed by atoms with Gasteiger partial charge in [0.15, 0.2) is 0 Å². The molecular weight excluding hydrogens is 436 g/mol. The van der Waals surface area contributed by atoms with Crippen molar-refractivity contribution in [3.05, 3.63) is 82.7 Å². The fourth-order valence-electron chi connectivity index (χ4n) is 4.48. The molecule has 1 atom stereocenters. The number of rotatable bonds is 7. The zero-order valence-electron chi connectivity index (χ0n) is 19.2. The first-order valence-corrected chi connectivity index (χ1v) is 10.9. The zero-order valence-corrected chi connectivity index (χ0v) is 19.2. The number of H-pyrrole nitrogens is 1. The van der Waals surface area contributed by atoms with Crippen LogP contribution in [0.25, 0.3) is 5.76 Å². The van der Waals surface area contributed by atoms with Crippen LogP contribution in [0, 0.1) is 13.8 Å². The molecule has 1 aliphatic rings. The number of aliphatic hydroxyl groups is 1. The van der Waals surface area contributed by atoms with Crippen molar-refractivity contribution in [2.75, 3.05) is 13.7 Å². The standard InChI is InChI=1S/C25H26N4O5/c1-15-18(16(2)27-20(15)25(33)34-3)22(30)19-21(17-8-5-4-6-9-17)29(24(32)23(19)31)12-7-11-28-13-10-26-14-28/h4-6,8-10,13-14,21,27,30H,7,11-12H2,1-3H3. The normalized spacial score (nSPS) is 17.4. The third-order valence-corrected chi connectivity index (χ3v) is 6.09. The van der Waals surface area contributed by atoms with Crippen molar-refractivity contribution in [1.82, 2.24) is 19.4 Å². The van der Waals surface area contributed by atoms with E-state index in [1.807, 2.05) is 41.1 Å². The van der Waals surface area contributed by atoms with Gasteiger partial charge in [0.1, 0.15) is 11.5 Å². The number of carbonyl (C=O) groups is 3. The van der Waals surface area contributed by atoms with Gasteiger partial charge in [-0.15, -0.1) is 0 Å². The Hall–Kier alpha value is -4.14. The first-order chi connectivity index (χ1) is 16.3. The second-order valence-corrected chi connectivity index (χ2v) is 8.17. The van der Waals surface area contributed by atoms with Crippen LogP contribution in [0.2, 0.25) is 0 Å². The van der Waals surface area contributed by atoms with Crippen LogP contribution < -0.4 is 0 Å². The van der Waals surface area contributed by atoms with Gasteiger partial charge in [-0.2, -0.15) is 0 Å². The van der Waals surface area contributed by atoms with Crippen LogP contribution in [0.1, 0.15) is 45.3 Å². The van der Waals surface area contributed by atoms with E-state index in [9.17, 15) is 19.5 Å². The van der Waals surface area contributed by atoms with E-state index in [-0.39, 0.29) is 17.0 Å². The number of hydrogen-bond donors (Lipinski definition) is 2. The molecule has 1 aliphatic heterocycles. The monoisotopic (exact) mass is 462 g/mol. The molecule has 0 aliphatic carbocycles. The van der Waals surface area contributed by atoms with Gasteiger partial charge in [0.2, 0.25) is 0 Å². The second kappa shape index (κ2) is 9.38. The second-order valence-electron chi connectivity index (χ2n) is 8.17. The summed E-state index contributed by atoms with van der Waals surface area (Å²) in [5.41, 5.74) is 2.16. The van der Waals surface area contributed by atoms with Crippen LogP contribution in [-0.4, -0.2) is 55.9 Å². The Balaban J connectivity index is 1.78. The van der Waals surface area contributed by atoms with Gasteiger partial charge in [0, 0.05) is 36.7 Å². The zero-order chi connectivity index (χ0) is 24.4. The number of aromatic nitrogens is 3. The van der Waals surface area contributed by atoms with E-state index in [2.05, 4.69) is 9.97 Å². The number of aromatic amines is 1. The number of hydrogen-bond acceptors (Lipinski definition) is 6. The largest absolute Gasteiger partial charge is 0.507 e. The number of likely N-dealkylation sites (tertiary alicyclic amines) is 1. The molecule has 2 aromatic heterocycles. The lowest BCUT2D eigenvalue weighted by Gasteiger charge is -2.25. The SMILES string of the molecule is COC(=O)c1[nH]c(C)c(C(O)=C2C(=O)C(=O)N(CCCn3ccnc3)C2c2ccccc2)c1C. The number of nitrogens with one attached hydrogen (secondary N) is 1. The molecule has 1 unspecified atom stereocenters. The maximum Gasteiger partial charge on any atom is 0.354 e. The van der Waals surface area contributed by atoms with Crippen LogP contribution in [0.5, 0.6) is 0 Å². The Morgan fingerprint density at radius 1 is 1.18 bits per heavy atom. The Morgan fingerprint density at radius 3 is 2.56 bits per heavy atom. The molecule has 0 saturated carbocycles. The average Bonchev–Trinajstić information content (AvgIpc) is 3.52. The lowest BCUT2D eigenvalue weighted by Crippen LogP contribution is -2.31. The van der Waals surface area contributed by atoms with E-state index in [4.69, 9.17) is 4.74 Å². The molecule has 1 aromatic carbocycles. The number of carbonyl (C=O) groups excluding carboxylic acids is 3. The molecule has 0 radical (unpaired) electrons. The molecule has 4 rings (SSSR count). The minimum absolute atomic E-state index is 0.000414. The third-order valence-electron chi connectivity index (χ3n) is 6.09. The molecule has 1 fully saturated rings. The van der Waals surface area contributed by atoms with E-state index in [0.29, 0.717) is 41.9 Å². The molecule has 176 valence electrons. The highest BCUT2D eigenvalue weighted by Crippen LogP contribution is 2.40. The van der Waals surface area contributed by atoms with Gasteiger partial charge in [-0.05, 0) is 31.4 Å². The topological polar surface area (TPSA) is 118 Å². The molecule has 9 heteroatoms. The molecule has 3 aromatic rings. The number of aliphatic hydroxyl groups excluding tert-OH is 1. The minimum atomic E-state index is -0.756. The lowest BCUT2D eigenvalue weighted by molar-refractivity contribution is -0.139. The first kappa shape index (κ1) is 23.0. The number of methoxy groups -OCH3 is 1. The van der Waals surface area contributed by atoms with Crippen LogP contribution in [0.15, 0.2) is 54.6 Å². The highest BCUT2D eigenvalue weighted by atomic mass is 16.5. The summed E-state index contributed by atoms with van der Waals surface area (Å²) in [5, 5.41) is 11.4. The van der Waals surface area contributed by atoms with Gasteiger partial charge in [-0.1, -0.05) is 30.3 Å². The Morgan fingerprint density at radius 2 is 1.91 bits per heavy atom. The van der Waals surface area contributed by atoms with Gasteiger partial charge >= 0.3 is 5.97 Å². The van der Waals surface area contributed by atoms with Crippen molar-refractivity contribution >= 4 is 23.4 Å². The highest BCUT2D eigenvalue weighted by Gasteiger charge is 2.46. The Kier molecular flexibility index (Phi) is 6.36. The van der Waals surface area contributed by atoms with E-state index in [1.54, 1.807) is 26.4 Å². The number of Topliss-reactive ketones (excluding diaryl/α,β-unsaturated/α-hetero) is 1. The number of amides is 1. The number of ketones is 1. The van der Waals surface area contributed by atoms with Crippen molar-refractivity contribution in [3.63, 3.8) is 0 Å². The number of ether oxygens (including phenoxy) is 1. The van der Waals surface area contributed by atoms with Gasteiger partial charge in [-0.25, -0.2) is 9.78 Å². The van der Waals surface area contributed by atoms with Crippen molar-refractivity contribution < 1.29 is 24.2 Å². The first-order valence-electron chi connectivity index (χ1n) is 10.9. The number of nitrogens with zero attached hydrogens (tertiary/aromatic N) is 3. The molecule has 9 nitrogen and oxygen atoms in total.